The molecule has 9 heteroatoms. The molecule has 2 N–H and O–H groups in total. The van der Waals surface area contributed by atoms with Gasteiger partial charge in [0, 0.05) is 0 Å². The molecule has 0 saturated carbocycles. The van der Waals surface area contributed by atoms with E-state index in [1.807, 2.05) is 0 Å². The van der Waals surface area contributed by atoms with Crippen LogP contribution >= 0.6 is 0 Å². The number of hydrogen-bond acceptors (Lipinski definition) is 7. The van der Waals surface area contributed by atoms with Crippen molar-refractivity contribution in [2.45, 2.75) is 24.6 Å². The highest BCUT2D eigenvalue weighted by atomic mass is 32.2. The fourth-order valence-corrected chi connectivity index (χ4v) is 1.84. The van der Waals surface area contributed by atoms with E-state index in [1.165, 1.54) is 0 Å². The van der Waals surface area contributed by atoms with Crippen molar-refractivity contribution in [2.24, 2.45) is 0 Å². The number of hydrogen-bond donors (Lipinski definition) is 2. The molecule has 0 aromatic rings. The van der Waals surface area contributed by atoms with Gasteiger partial charge >= 0.3 is 0 Å². The minimum Gasteiger partial charge on any atom is -0.394 e. The Balaban J connectivity index is 2.76. The molecule has 0 aromatic heterocycles. The van der Waals surface area contributed by atoms with Gasteiger partial charge in [-0.1, -0.05) is 0 Å². The summed E-state index contributed by atoms with van der Waals surface area (Å²) in [5, 5.41) is 18.1. The van der Waals surface area contributed by atoms with Gasteiger partial charge in [-0.05, 0) is 4.53 Å². The lowest BCUT2D eigenvalue weighted by molar-refractivity contribution is -0.284. The molecule has 0 spiro atoms. The Labute approximate surface area is 85.4 Å². The van der Waals surface area contributed by atoms with Gasteiger partial charge in [-0.15, -0.1) is 0 Å². The van der Waals surface area contributed by atoms with Crippen LogP contribution in [-0.4, -0.2) is 56.1 Å². The van der Waals surface area contributed by atoms with Crippen LogP contribution in [0.15, 0.2) is 0 Å². The molecule has 4 atom stereocenters. The summed E-state index contributed by atoms with van der Waals surface area (Å²) in [6.45, 7) is -0.606. The van der Waals surface area contributed by atoms with E-state index in [0.29, 0.717) is 0 Å². The average Bonchev–Trinajstić information content (AvgIpc) is 2.42. The SMILES string of the molecule is CS(=O)(=O)O[C@H]1C(OF)O[C@H](CO)[C@H]1O. The third kappa shape index (κ3) is 3.06. The van der Waals surface area contributed by atoms with Crippen LogP contribution in [0.1, 0.15) is 0 Å². The number of aliphatic hydroxyl groups excluding tert-OH is 2. The predicted octanol–water partition coefficient (Wildman–Crippen LogP) is -1.69. The molecule has 1 aliphatic rings. The summed E-state index contributed by atoms with van der Waals surface area (Å²) in [6, 6.07) is 0. The van der Waals surface area contributed by atoms with Gasteiger partial charge in [0.1, 0.15) is 12.2 Å². The van der Waals surface area contributed by atoms with Gasteiger partial charge in [-0.2, -0.15) is 13.4 Å². The largest absolute Gasteiger partial charge is 0.394 e. The van der Waals surface area contributed by atoms with E-state index in [4.69, 9.17) is 5.11 Å². The lowest BCUT2D eigenvalue weighted by Gasteiger charge is -2.15. The molecular weight excluding hydrogens is 235 g/mol. The Hall–Kier alpha value is -0.320. The summed E-state index contributed by atoms with van der Waals surface area (Å²) in [4.78, 5) is 3.29. The molecule has 1 unspecified atom stereocenters. The van der Waals surface area contributed by atoms with Gasteiger partial charge in [-0.25, -0.2) is 0 Å². The highest BCUT2D eigenvalue weighted by molar-refractivity contribution is 7.86. The number of halogens is 1. The summed E-state index contributed by atoms with van der Waals surface area (Å²) in [5.74, 6) is 0. The molecule has 1 heterocycles. The van der Waals surface area contributed by atoms with Crippen molar-refractivity contribution < 1.29 is 37.0 Å². The fourth-order valence-electron chi connectivity index (χ4n) is 1.23. The monoisotopic (exact) mass is 246 g/mol. The number of rotatable bonds is 4. The molecule has 0 bridgehead atoms. The van der Waals surface area contributed by atoms with Crippen molar-refractivity contribution in [3.8, 4) is 0 Å². The molecule has 7 nitrogen and oxygen atoms in total. The number of aliphatic hydroxyl groups is 2. The van der Waals surface area contributed by atoms with E-state index >= 15 is 0 Å². The zero-order valence-electron chi connectivity index (χ0n) is 7.74. The van der Waals surface area contributed by atoms with E-state index in [2.05, 4.69) is 13.9 Å². The fraction of sp³-hybridized carbons (Fsp3) is 1.00. The minimum atomic E-state index is -3.88. The van der Waals surface area contributed by atoms with Crippen molar-refractivity contribution in [1.82, 2.24) is 0 Å². The summed E-state index contributed by atoms with van der Waals surface area (Å²) in [5.41, 5.74) is 0. The van der Waals surface area contributed by atoms with Crippen molar-refractivity contribution in [1.29, 1.82) is 0 Å². The first-order valence-electron chi connectivity index (χ1n) is 3.99. The first-order valence-corrected chi connectivity index (χ1v) is 5.80. The van der Waals surface area contributed by atoms with Crippen LogP contribution in [0.5, 0.6) is 0 Å². The first-order chi connectivity index (χ1) is 6.89. The van der Waals surface area contributed by atoms with Crippen LogP contribution in [0.25, 0.3) is 0 Å². The van der Waals surface area contributed by atoms with E-state index in [9.17, 15) is 18.1 Å². The van der Waals surface area contributed by atoms with Gasteiger partial charge in [-0.3, -0.25) is 4.18 Å². The molecule has 0 aliphatic carbocycles. The van der Waals surface area contributed by atoms with Gasteiger partial charge in [0.15, 0.2) is 6.10 Å². The van der Waals surface area contributed by atoms with E-state index < -0.39 is 41.3 Å². The Morgan fingerprint density at radius 2 is 2.13 bits per heavy atom. The Bertz CT molecular complexity index is 303. The first kappa shape index (κ1) is 12.7. The highest BCUT2D eigenvalue weighted by Crippen LogP contribution is 2.26. The molecular formula is C6H11FO7S. The predicted molar refractivity (Wildman–Crippen MR) is 43.7 cm³/mol. The maximum atomic E-state index is 11.9. The third-order valence-corrected chi connectivity index (χ3v) is 2.42. The molecule has 0 amide bonds. The average molecular weight is 246 g/mol. The summed E-state index contributed by atoms with van der Waals surface area (Å²) < 4.78 is 42.4. The van der Waals surface area contributed by atoms with Crippen LogP contribution in [-0.2, 0) is 24.0 Å². The molecule has 15 heavy (non-hydrogen) atoms. The van der Waals surface area contributed by atoms with Crippen molar-refractivity contribution >= 4 is 10.1 Å². The molecule has 1 rings (SSSR count). The smallest absolute Gasteiger partial charge is 0.264 e. The summed E-state index contributed by atoms with van der Waals surface area (Å²) in [7, 11) is -3.88. The second kappa shape index (κ2) is 4.68. The maximum Gasteiger partial charge on any atom is 0.264 e. The highest BCUT2D eigenvalue weighted by Gasteiger charge is 2.47. The van der Waals surface area contributed by atoms with E-state index in [-0.39, 0.29) is 0 Å². The molecule has 1 saturated heterocycles. The molecule has 90 valence electrons. The Kier molecular flexibility index (Phi) is 3.98. The van der Waals surface area contributed by atoms with Gasteiger partial charge in [0.25, 0.3) is 10.1 Å². The summed E-state index contributed by atoms with van der Waals surface area (Å²) in [6.07, 6.45) is -5.08. The van der Waals surface area contributed by atoms with Crippen molar-refractivity contribution in [3.05, 3.63) is 0 Å². The molecule has 1 fully saturated rings. The van der Waals surface area contributed by atoms with Crippen LogP contribution in [0.3, 0.4) is 0 Å². The maximum absolute atomic E-state index is 11.9. The number of ether oxygens (including phenoxy) is 1. The second-order valence-electron chi connectivity index (χ2n) is 3.07. The van der Waals surface area contributed by atoms with Crippen LogP contribution in [0.2, 0.25) is 0 Å². The van der Waals surface area contributed by atoms with Gasteiger partial charge in [0.05, 0.1) is 12.9 Å². The second-order valence-corrected chi connectivity index (χ2v) is 4.67. The van der Waals surface area contributed by atoms with Crippen LogP contribution in [0.4, 0.5) is 4.53 Å². The lowest BCUT2D eigenvalue weighted by atomic mass is 10.1. The normalized spacial score (nSPS) is 37.1. The topological polar surface area (TPSA) is 102 Å². The zero-order valence-corrected chi connectivity index (χ0v) is 8.55. The Morgan fingerprint density at radius 3 is 2.53 bits per heavy atom. The summed E-state index contributed by atoms with van der Waals surface area (Å²) >= 11 is 0. The standard InChI is InChI=1S/C6H11FO7S/c1-15(10,11)14-5-4(9)3(2-8)12-6(5)13-7/h3-6,8-9H,2H2,1H3/t3-,4-,5-,6?/m1/s1. The van der Waals surface area contributed by atoms with Crippen LogP contribution < -0.4 is 0 Å². The van der Waals surface area contributed by atoms with E-state index in [0.717, 1.165) is 6.26 Å². The van der Waals surface area contributed by atoms with Crippen LogP contribution in [0, 0.1) is 0 Å². The molecule has 1 aliphatic heterocycles. The van der Waals surface area contributed by atoms with E-state index in [1.54, 1.807) is 0 Å². The quantitative estimate of drug-likeness (QED) is 0.570. The zero-order chi connectivity index (χ0) is 11.6. The minimum absolute atomic E-state index is 0.606. The third-order valence-electron chi connectivity index (χ3n) is 1.85. The van der Waals surface area contributed by atoms with Crippen molar-refractivity contribution in [3.63, 3.8) is 0 Å². The molecule has 0 aromatic carbocycles. The van der Waals surface area contributed by atoms with Gasteiger partial charge < -0.3 is 14.9 Å². The lowest BCUT2D eigenvalue weighted by Crippen LogP contribution is -2.37. The Morgan fingerprint density at radius 1 is 1.53 bits per heavy atom. The van der Waals surface area contributed by atoms with Gasteiger partial charge in [0.2, 0.25) is 6.29 Å². The van der Waals surface area contributed by atoms with Crippen molar-refractivity contribution in [2.75, 3.05) is 12.9 Å². The molecule has 0 radical (unpaired) electrons.